The Morgan fingerprint density at radius 2 is 1.71 bits per heavy atom. The molecule has 0 aliphatic carbocycles. The van der Waals surface area contributed by atoms with E-state index in [4.69, 9.17) is 4.74 Å². The lowest BCUT2D eigenvalue weighted by molar-refractivity contribution is 0.243. The lowest BCUT2D eigenvalue weighted by Gasteiger charge is -2.17. The number of anilines is 2. The summed E-state index contributed by atoms with van der Waals surface area (Å²) in [5.41, 5.74) is 0.337. The number of fused-ring (bicyclic) bond motifs is 1. The zero-order valence-electron chi connectivity index (χ0n) is 18.8. The van der Waals surface area contributed by atoms with Crippen molar-refractivity contribution in [2.24, 2.45) is 0 Å². The largest absolute Gasteiger partial charge is 0.489 e. The van der Waals surface area contributed by atoms with Crippen molar-refractivity contribution in [3.05, 3.63) is 59.5 Å². The molecule has 0 saturated heterocycles. The summed E-state index contributed by atoms with van der Waals surface area (Å²) in [6.45, 7) is 3.67. The topological polar surface area (TPSA) is 145 Å². The summed E-state index contributed by atoms with van der Waals surface area (Å²) in [5, 5.41) is 7.48. The van der Waals surface area contributed by atoms with E-state index in [1.807, 2.05) is 13.8 Å². The molecule has 2 heterocycles. The van der Waals surface area contributed by atoms with Crippen LogP contribution in [0.3, 0.4) is 0 Å². The van der Waals surface area contributed by atoms with Gasteiger partial charge in [-0.3, -0.25) is 0 Å². The second-order valence-corrected chi connectivity index (χ2v) is 11.9. The van der Waals surface area contributed by atoms with Crippen LogP contribution in [0, 0.1) is 0 Å². The molecule has 0 radical (unpaired) electrons. The third kappa shape index (κ3) is 4.87. The Morgan fingerprint density at radius 3 is 2.37 bits per heavy atom. The van der Waals surface area contributed by atoms with E-state index >= 15 is 0 Å². The fourth-order valence-electron chi connectivity index (χ4n) is 3.22. The number of hydrogen-bond acceptors (Lipinski definition) is 9. The molecule has 35 heavy (non-hydrogen) atoms. The number of hydrogen-bond donors (Lipinski definition) is 2. The molecule has 0 saturated carbocycles. The van der Waals surface area contributed by atoms with E-state index in [1.165, 1.54) is 43.7 Å². The van der Waals surface area contributed by atoms with Gasteiger partial charge in [0.25, 0.3) is 10.0 Å². The summed E-state index contributed by atoms with van der Waals surface area (Å²) in [5.74, 6) is 0.575. The first-order chi connectivity index (χ1) is 16.5. The number of ether oxygens (including phenoxy) is 1. The van der Waals surface area contributed by atoms with Crippen LogP contribution in [0.1, 0.15) is 13.8 Å². The average Bonchev–Trinajstić information content (AvgIpc) is 3.18. The van der Waals surface area contributed by atoms with Gasteiger partial charge < -0.3 is 10.1 Å². The van der Waals surface area contributed by atoms with Gasteiger partial charge in [-0.25, -0.2) is 23.1 Å². The lowest BCUT2D eigenvalue weighted by atomic mass is 10.2. The van der Waals surface area contributed by atoms with Gasteiger partial charge in [-0.1, -0.05) is 18.2 Å². The van der Waals surface area contributed by atoms with Crippen LogP contribution in [0.5, 0.6) is 5.75 Å². The molecule has 0 aliphatic rings. The summed E-state index contributed by atoms with van der Waals surface area (Å²) in [6.07, 6.45) is 0.991. The number of nitrogens with one attached hydrogen (secondary N) is 2. The Hall–Kier alpha value is -3.07. The van der Waals surface area contributed by atoms with Gasteiger partial charge in [0, 0.05) is 0 Å². The molecular formula is C21H21BrN6O5S2. The minimum Gasteiger partial charge on any atom is -0.489 e. The average molecular weight is 581 g/mol. The van der Waals surface area contributed by atoms with Crippen LogP contribution in [-0.4, -0.2) is 49.1 Å². The van der Waals surface area contributed by atoms with Gasteiger partial charge in [0.15, 0.2) is 5.65 Å². The van der Waals surface area contributed by atoms with E-state index < -0.39 is 20.0 Å². The predicted octanol–water partition coefficient (Wildman–Crippen LogP) is 3.26. The maximum Gasteiger partial charge on any atom is 0.284 e. The van der Waals surface area contributed by atoms with Gasteiger partial charge in [-0.2, -0.15) is 8.42 Å². The first-order valence-electron chi connectivity index (χ1n) is 10.3. The van der Waals surface area contributed by atoms with Crippen molar-refractivity contribution in [1.29, 1.82) is 0 Å². The molecule has 2 N–H and O–H groups in total. The molecule has 14 heteroatoms. The van der Waals surface area contributed by atoms with Crippen LogP contribution in [0.25, 0.3) is 11.0 Å². The fourth-order valence-corrected chi connectivity index (χ4v) is 5.86. The van der Waals surface area contributed by atoms with Crippen molar-refractivity contribution < 1.29 is 21.6 Å². The molecule has 0 fully saturated rings. The molecule has 0 atom stereocenters. The zero-order chi connectivity index (χ0) is 25.4. The van der Waals surface area contributed by atoms with Gasteiger partial charge in [0.05, 0.1) is 27.0 Å². The number of nitrogens with zero attached hydrogens (tertiary/aromatic N) is 4. The molecule has 4 aromatic rings. The number of rotatable bonds is 8. The monoisotopic (exact) mass is 580 g/mol. The van der Waals surface area contributed by atoms with Gasteiger partial charge in [-0.05, 0) is 67.2 Å². The van der Waals surface area contributed by atoms with Crippen molar-refractivity contribution in [2.75, 3.05) is 12.4 Å². The van der Waals surface area contributed by atoms with E-state index in [9.17, 15) is 16.8 Å². The Bertz CT molecular complexity index is 1610. The highest BCUT2D eigenvalue weighted by Crippen LogP contribution is 2.35. The van der Waals surface area contributed by atoms with E-state index in [0.29, 0.717) is 11.4 Å². The molecular weight excluding hydrogens is 560 g/mol. The van der Waals surface area contributed by atoms with Crippen molar-refractivity contribution in [3.63, 3.8) is 0 Å². The minimum atomic E-state index is -4.04. The second kappa shape index (κ2) is 9.53. The predicted molar refractivity (Wildman–Crippen MR) is 134 cm³/mol. The quantitative estimate of drug-likeness (QED) is 0.320. The highest BCUT2D eigenvalue weighted by molar-refractivity contribution is 9.10. The van der Waals surface area contributed by atoms with E-state index in [0.717, 1.165) is 4.09 Å². The van der Waals surface area contributed by atoms with Crippen LogP contribution in [0.15, 0.2) is 69.3 Å². The normalized spacial score (nSPS) is 12.3. The number of benzene rings is 2. The summed E-state index contributed by atoms with van der Waals surface area (Å²) >= 11 is 3.31. The van der Waals surface area contributed by atoms with Crippen molar-refractivity contribution >= 4 is 58.5 Å². The molecule has 0 amide bonds. The summed E-state index contributed by atoms with van der Waals surface area (Å²) in [6, 6.07) is 12.2. The molecule has 11 nitrogen and oxygen atoms in total. The standard InChI is InChI=1S/C21H21BrN6O5S2/c1-13(2)33-17-10-9-15(34(29,30)23-3)11-16(17)26-20-18-19(22)27-28(21(18)25-12-24-20)35(31,32)14-7-5-4-6-8-14/h4-13,23H,1-3H3,(H,24,25,26). The minimum absolute atomic E-state index is 0.00493. The van der Waals surface area contributed by atoms with Crippen molar-refractivity contribution in [3.8, 4) is 5.75 Å². The zero-order valence-corrected chi connectivity index (χ0v) is 22.0. The Labute approximate surface area is 210 Å². The van der Waals surface area contributed by atoms with E-state index in [1.54, 1.807) is 18.2 Å². The molecule has 2 aromatic heterocycles. The van der Waals surface area contributed by atoms with E-state index in [-0.39, 0.29) is 37.3 Å². The Morgan fingerprint density at radius 1 is 1.00 bits per heavy atom. The first kappa shape index (κ1) is 25.0. The van der Waals surface area contributed by atoms with Crippen LogP contribution in [0.4, 0.5) is 11.5 Å². The maximum atomic E-state index is 13.2. The third-order valence-corrected chi connectivity index (χ3v) is 8.35. The van der Waals surface area contributed by atoms with Crippen LogP contribution >= 0.6 is 15.9 Å². The van der Waals surface area contributed by atoms with Crippen molar-refractivity contribution in [1.82, 2.24) is 23.9 Å². The smallest absolute Gasteiger partial charge is 0.284 e. The molecule has 4 rings (SSSR count). The number of aromatic nitrogens is 4. The Balaban J connectivity index is 1.86. The molecule has 0 spiro atoms. The number of halogens is 1. The summed E-state index contributed by atoms with van der Waals surface area (Å²) < 4.78 is 60.2. The van der Waals surface area contributed by atoms with Crippen molar-refractivity contribution in [2.45, 2.75) is 29.7 Å². The highest BCUT2D eigenvalue weighted by atomic mass is 79.9. The first-order valence-corrected chi connectivity index (χ1v) is 14.0. The third-order valence-electron chi connectivity index (χ3n) is 4.81. The highest BCUT2D eigenvalue weighted by Gasteiger charge is 2.26. The second-order valence-electron chi connectivity index (χ2n) is 7.53. The fraction of sp³-hybridized carbons (Fsp3) is 0.190. The SMILES string of the molecule is CNS(=O)(=O)c1ccc(OC(C)C)c(Nc2ncnc3c2c(Br)nn3S(=O)(=O)c2ccccc2)c1. The maximum absolute atomic E-state index is 13.2. The van der Waals surface area contributed by atoms with Crippen LogP contribution < -0.4 is 14.8 Å². The molecule has 0 unspecified atom stereocenters. The van der Waals surface area contributed by atoms with Crippen LogP contribution in [0.2, 0.25) is 0 Å². The molecule has 184 valence electrons. The Kier molecular flexibility index (Phi) is 6.81. The molecule has 2 aromatic carbocycles. The van der Waals surface area contributed by atoms with Gasteiger partial charge >= 0.3 is 0 Å². The van der Waals surface area contributed by atoms with E-state index in [2.05, 4.69) is 41.0 Å². The van der Waals surface area contributed by atoms with Gasteiger partial charge in [0.2, 0.25) is 10.0 Å². The summed E-state index contributed by atoms with van der Waals surface area (Å²) in [4.78, 5) is 8.43. The number of sulfonamides is 1. The van der Waals surface area contributed by atoms with Crippen LogP contribution in [-0.2, 0) is 20.0 Å². The molecule has 0 aliphatic heterocycles. The lowest BCUT2D eigenvalue weighted by Crippen LogP contribution is -2.19. The molecule has 0 bridgehead atoms. The van der Waals surface area contributed by atoms with Gasteiger partial charge in [-0.15, -0.1) is 9.19 Å². The van der Waals surface area contributed by atoms with Gasteiger partial charge in [0.1, 0.15) is 22.5 Å². The summed E-state index contributed by atoms with van der Waals surface area (Å²) in [7, 11) is -6.47.